The van der Waals surface area contributed by atoms with Crippen LogP contribution in [-0.4, -0.2) is 43.5 Å². The normalized spacial score (nSPS) is 14.1. The van der Waals surface area contributed by atoms with Crippen LogP contribution in [0.2, 0.25) is 0 Å². The summed E-state index contributed by atoms with van der Waals surface area (Å²) >= 11 is 5.50. The van der Waals surface area contributed by atoms with Crippen LogP contribution in [0.4, 0.5) is 0 Å². The van der Waals surface area contributed by atoms with Gasteiger partial charge in [0.15, 0.2) is 0 Å². The van der Waals surface area contributed by atoms with Crippen LogP contribution in [0.5, 0.6) is 0 Å². The number of alkyl halides is 1. The summed E-state index contributed by atoms with van der Waals surface area (Å²) in [6.07, 6.45) is 5.24. The second-order valence-electron chi connectivity index (χ2n) is 3.57. The third kappa shape index (κ3) is 7.36. The van der Waals surface area contributed by atoms with E-state index in [-0.39, 0.29) is 0 Å². The molecule has 0 spiro atoms. The van der Waals surface area contributed by atoms with Gasteiger partial charge in [-0.15, -0.1) is 11.6 Å². The van der Waals surface area contributed by atoms with E-state index >= 15 is 0 Å². The van der Waals surface area contributed by atoms with Crippen LogP contribution in [0.3, 0.4) is 0 Å². The smallest absolute Gasteiger partial charge is 0.0404 e. The van der Waals surface area contributed by atoms with E-state index in [1.165, 1.54) is 6.42 Å². The van der Waals surface area contributed by atoms with Crippen LogP contribution in [0.15, 0.2) is 12.2 Å². The Hall–Kier alpha value is -0.0500. The van der Waals surface area contributed by atoms with Gasteiger partial charge in [0.1, 0.15) is 0 Å². The van der Waals surface area contributed by atoms with Gasteiger partial charge in [0.2, 0.25) is 0 Å². The Labute approximate surface area is 93.3 Å². The third-order valence-electron chi connectivity index (χ3n) is 2.50. The van der Waals surface area contributed by atoms with Crippen molar-refractivity contribution in [1.29, 1.82) is 0 Å². The molecule has 0 aliphatic rings. The quantitative estimate of drug-likeness (QED) is 0.382. The van der Waals surface area contributed by atoms with Crippen LogP contribution in [-0.2, 0) is 0 Å². The van der Waals surface area contributed by atoms with Crippen LogP contribution in [0, 0.1) is 0 Å². The molecule has 0 fully saturated rings. The molecule has 0 saturated carbocycles. The lowest BCUT2D eigenvalue weighted by molar-refractivity contribution is 0.253. The molecule has 0 aromatic rings. The van der Waals surface area contributed by atoms with Crippen molar-refractivity contribution in [3.05, 3.63) is 12.2 Å². The zero-order valence-corrected chi connectivity index (χ0v) is 10.3. The SMILES string of the molecule is CCC(C)N(C)CCNC/C=C/CCl. The number of nitrogens with zero attached hydrogens (tertiary/aromatic N) is 1. The molecule has 1 unspecified atom stereocenters. The summed E-state index contributed by atoms with van der Waals surface area (Å²) in [4.78, 5) is 2.37. The number of nitrogens with one attached hydrogen (secondary N) is 1. The van der Waals surface area contributed by atoms with Crippen molar-refractivity contribution in [2.45, 2.75) is 26.3 Å². The molecule has 0 radical (unpaired) electrons. The van der Waals surface area contributed by atoms with Crippen LogP contribution in [0.1, 0.15) is 20.3 Å². The van der Waals surface area contributed by atoms with E-state index < -0.39 is 0 Å². The highest BCUT2D eigenvalue weighted by Gasteiger charge is 2.04. The largest absolute Gasteiger partial charge is 0.312 e. The summed E-state index contributed by atoms with van der Waals surface area (Å²) in [5.41, 5.74) is 0. The van der Waals surface area contributed by atoms with Crippen molar-refractivity contribution >= 4 is 11.6 Å². The minimum atomic E-state index is 0.606. The molecule has 14 heavy (non-hydrogen) atoms. The highest BCUT2D eigenvalue weighted by Crippen LogP contribution is 1.97. The number of hydrogen-bond donors (Lipinski definition) is 1. The number of likely N-dealkylation sites (N-methyl/N-ethyl adjacent to an activating group) is 1. The van der Waals surface area contributed by atoms with Crippen molar-refractivity contribution in [3.8, 4) is 0 Å². The second kappa shape index (κ2) is 9.50. The van der Waals surface area contributed by atoms with E-state index in [2.05, 4.69) is 37.2 Å². The first-order valence-corrected chi connectivity index (χ1v) is 5.87. The van der Waals surface area contributed by atoms with Gasteiger partial charge in [-0.1, -0.05) is 19.1 Å². The molecule has 0 amide bonds. The van der Waals surface area contributed by atoms with Gasteiger partial charge in [0.05, 0.1) is 0 Å². The van der Waals surface area contributed by atoms with E-state index in [0.29, 0.717) is 11.9 Å². The van der Waals surface area contributed by atoms with Crippen molar-refractivity contribution in [3.63, 3.8) is 0 Å². The maximum atomic E-state index is 5.50. The fourth-order valence-corrected chi connectivity index (χ4v) is 1.25. The van der Waals surface area contributed by atoms with Gasteiger partial charge in [0, 0.05) is 31.6 Å². The topological polar surface area (TPSA) is 15.3 Å². The van der Waals surface area contributed by atoms with Gasteiger partial charge < -0.3 is 10.2 Å². The first-order valence-electron chi connectivity index (χ1n) is 5.34. The van der Waals surface area contributed by atoms with Gasteiger partial charge in [-0.3, -0.25) is 0 Å². The van der Waals surface area contributed by atoms with Crippen LogP contribution in [0.25, 0.3) is 0 Å². The number of halogens is 1. The summed E-state index contributed by atoms with van der Waals surface area (Å²) in [5.74, 6) is 0.606. The Morgan fingerprint density at radius 2 is 2.14 bits per heavy atom. The molecule has 84 valence electrons. The lowest BCUT2D eigenvalue weighted by Gasteiger charge is -2.23. The van der Waals surface area contributed by atoms with Gasteiger partial charge in [-0.2, -0.15) is 0 Å². The lowest BCUT2D eigenvalue weighted by atomic mass is 10.2. The number of allylic oxidation sites excluding steroid dienone is 1. The fraction of sp³-hybridized carbons (Fsp3) is 0.818. The summed E-state index contributed by atoms with van der Waals surface area (Å²) in [5, 5.41) is 3.34. The Morgan fingerprint density at radius 1 is 1.43 bits per heavy atom. The predicted octanol–water partition coefficient (Wildman–Crippen LogP) is 2.10. The molecule has 1 N–H and O–H groups in total. The summed E-state index contributed by atoms with van der Waals surface area (Å²) < 4.78 is 0. The predicted molar refractivity (Wildman–Crippen MR) is 65.1 cm³/mol. The van der Waals surface area contributed by atoms with E-state index in [1.54, 1.807) is 0 Å². The molecule has 0 aromatic heterocycles. The average Bonchev–Trinajstić information content (AvgIpc) is 2.21. The first-order chi connectivity index (χ1) is 6.72. The van der Waals surface area contributed by atoms with Gasteiger partial charge in [-0.05, 0) is 20.4 Å². The molecular weight excluding hydrogens is 196 g/mol. The summed E-state index contributed by atoms with van der Waals surface area (Å²) in [7, 11) is 2.17. The number of rotatable bonds is 8. The molecule has 0 aliphatic carbocycles. The lowest BCUT2D eigenvalue weighted by Crippen LogP contribution is -2.35. The maximum Gasteiger partial charge on any atom is 0.0404 e. The molecule has 0 bridgehead atoms. The molecule has 0 heterocycles. The Morgan fingerprint density at radius 3 is 2.71 bits per heavy atom. The van der Waals surface area contributed by atoms with Crippen LogP contribution < -0.4 is 5.32 Å². The highest BCUT2D eigenvalue weighted by atomic mass is 35.5. The van der Waals surface area contributed by atoms with Crippen molar-refractivity contribution in [2.24, 2.45) is 0 Å². The molecule has 0 aromatic carbocycles. The van der Waals surface area contributed by atoms with Crippen molar-refractivity contribution in [2.75, 3.05) is 32.6 Å². The standard InChI is InChI=1S/C11H23ClN2/c1-4-11(2)14(3)10-9-13-8-6-5-7-12/h5-6,11,13H,4,7-10H2,1-3H3/b6-5+. The fourth-order valence-electron chi connectivity index (χ4n) is 1.12. The molecule has 0 saturated heterocycles. The number of hydrogen-bond acceptors (Lipinski definition) is 2. The van der Waals surface area contributed by atoms with Gasteiger partial charge in [0.25, 0.3) is 0 Å². The van der Waals surface area contributed by atoms with Crippen molar-refractivity contribution in [1.82, 2.24) is 10.2 Å². The minimum Gasteiger partial charge on any atom is -0.312 e. The molecule has 2 nitrogen and oxygen atoms in total. The molecule has 0 aliphatic heterocycles. The Balaban J connectivity index is 3.31. The van der Waals surface area contributed by atoms with E-state index in [9.17, 15) is 0 Å². The Bertz CT molecular complexity index is 148. The van der Waals surface area contributed by atoms with Gasteiger partial charge >= 0.3 is 0 Å². The molecular formula is C11H23ClN2. The summed E-state index contributed by atoms with van der Waals surface area (Å²) in [6, 6.07) is 0.676. The molecule has 0 rings (SSSR count). The van der Waals surface area contributed by atoms with E-state index in [1.807, 2.05) is 6.08 Å². The monoisotopic (exact) mass is 218 g/mol. The Kier molecular flexibility index (Phi) is 9.47. The minimum absolute atomic E-state index is 0.606. The molecule has 3 heteroatoms. The third-order valence-corrected chi connectivity index (χ3v) is 2.68. The second-order valence-corrected chi connectivity index (χ2v) is 3.88. The maximum absolute atomic E-state index is 5.50. The zero-order valence-electron chi connectivity index (χ0n) is 9.59. The molecule has 1 atom stereocenters. The van der Waals surface area contributed by atoms with Gasteiger partial charge in [-0.25, -0.2) is 0 Å². The van der Waals surface area contributed by atoms with Crippen molar-refractivity contribution < 1.29 is 0 Å². The van der Waals surface area contributed by atoms with E-state index in [4.69, 9.17) is 11.6 Å². The highest BCUT2D eigenvalue weighted by molar-refractivity contribution is 6.18. The van der Waals surface area contributed by atoms with Crippen LogP contribution >= 0.6 is 11.6 Å². The van der Waals surface area contributed by atoms with E-state index in [0.717, 1.165) is 19.6 Å². The first kappa shape index (κ1) is 13.9. The summed E-state index contributed by atoms with van der Waals surface area (Å²) in [6.45, 7) is 7.53. The average molecular weight is 219 g/mol. The zero-order chi connectivity index (χ0) is 10.8.